The third-order valence-electron chi connectivity index (χ3n) is 4.04. The number of aryl methyl sites for hydroxylation is 2. The Hall–Kier alpha value is -2.36. The van der Waals surface area contributed by atoms with Crippen molar-refractivity contribution in [2.45, 2.75) is 23.6 Å². The number of thioether (sulfide) groups is 1. The van der Waals surface area contributed by atoms with E-state index < -0.39 is 15.9 Å². The summed E-state index contributed by atoms with van der Waals surface area (Å²) in [5, 5.41) is 0. The lowest BCUT2D eigenvalue weighted by Crippen LogP contribution is -2.42. The Morgan fingerprint density at radius 1 is 1.00 bits per heavy atom. The average molecular weight is 422 g/mol. The fourth-order valence-corrected chi connectivity index (χ4v) is 3.94. The summed E-state index contributed by atoms with van der Waals surface area (Å²) in [6, 6.07) is 11.6. The molecule has 7 nitrogen and oxygen atoms in total. The van der Waals surface area contributed by atoms with Crippen LogP contribution >= 0.6 is 11.8 Å². The van der Waals surface area contributed by atoms with Gasteiger partial charge in [-0.1, -0.05) is 12.1 Å². The summed E-state index contributed by atoms with van der Waals surface area (Å²) >= 11 is 1.36. The normalized spacial score (nSPS) is 11.3. The van der Waals surface area contributed by atoms with E-state index in [1.807, 2.05) is 32.0 Å². The number of nitrogens with one attached hydrogen (secondary N) is 2. The minimum absolute atomic E-state index is 0.00164. The molecule has 0 unspecified atom stereocenters. The Morgan fingerprint density at radius 3 is 2.36 bits per heavy atom. The first-order valence-corrected chi connectivity index (χ1v) is 10.9. The molecule has 9 heteroatoms. The number of carbonyl (C=O) groups excluding carboxylic acids is 2. The van der Waals surface area contributed by atoms with Crippen LogP contribution in [0, 0.1) is 13.8 Å². The van der Waals surface area contributed by atoms with Gasteiger partial charge in [0.05, 0.1) is 10.6 Å². The van der Waals surface area contributed by atoms with E-state index >= 15 is 0 Å². The third-order valence-corrected chi connectivity index (χ3v) is 6.84. The quantitative estimate of drug-likeness (QED) is 0.550. The van der Waals surface area contributed by atoms with E-state index in [-0.39, 0.29) is 22.1 Å². The summed E-state index contributed by atoms with van der Waals surface area (Å²) < 4.78 is 25.4. The van der Waals surface area contributed by atoms with Gasteiger partial charge in [-0.3, -0.25) is 20.4 Å². The van der Waals surface area contributed by atoms with Crippen LogP contribution in [0.4, 0.5) is 0 Å². The van der Waals surface area contributed by atoms with E-state index in [0.29, 0.717) is 0 Å². The molecule has 2 N–H and O–H groups in total. The van der Waals surface area contributed by atoms with Gasteiger partial charge in [0, 0.05) is 24.6 Å². The van der Waals surface area contributed by atoms with Crippen LogP contribution in [0.15, 0.2) is 52.3 Å². The van der Waals surface area contributed by atoms with E-state index in [1.165, 1.54) is 55.7 Å². The first kappa shape index (κ1) is 21.9. The zero-order chi connectivity index (χ0) is 20.9. The van der Waals surface area contributed by atoms with E-state index in [1.54, 1.807) is 0 Å². The van der Waals surface area contributed by atoms with Gasteiger partial charge >= 0.3 is 0 Å². The molecule has 150 valence electrons. The van der Waals surface area contributed by atoms with Crippen molar-refractivity contribution in [2.24, 2.45) is 0 Å². The molecule has 2 aromatic rings. The van der Waals surface area contributed by atoms with Crippen LogP contribution in [0.3, 0.4) is 0 Å². The van der Waals surface area contributed by atoms with Crippen molar-refractivity contribution in [3.8, 4) is 0 Å². The third kappa shape index (κ3) is 5.57. The highest BCUT2D eigenvalue weighted by atomic mass is 32.2. The van der Waals surface area contributed by atoms with Gasteiger partial charge < -0.3 is 0 Å². The lowest BCUT2D eigenvalue weighted by Gasteiger charge is -2.12. The minimum atomic E-state index is -3.65. The Balaban J connectivity index is 1.93. The number of carbonyl (C=O) groups is 2. The SMILES string of the molecule is Cc1ccc(SCC(=O)NNC(=O)c2cccc(S(=O)(=O)N(C)C)c2)cc1C. The standard InChI is InChI=1S/C19H23N3O4S2/c1-13-8-9-16(10-14(13)2)27-12-18(23)20-21-19(24)15-6-5-7-17(11-15)28(25,26)22(3)4/h5-11H,12H2,1-4H3,(H,20,23)(H,21,24). The second-order valence-electron chi connectivity index (χ2n) is 6.35. The Labute approximate surface area is 169 Å². The molecule has 0 aliphatic heterocycles. The second kappa shape index (κ2) is 9.22. The van der Waals surface area contributed by atoms with Crippen molar-refractivity contribution in [3.05, 3.63) is 59.2 Å². The molecular weight excluding hydrogens is 398 g/mol. The fraction of sp³-hybridized carbons (Fsp3) is 0.263. The van der Waals surface area contributed by atoms with Crippen molar-refractivity contribution in [1.82, 2.24) is 15.2 Å². The molecule has 2 rings (SSSR count). The van der Waals surface area contributed by atoms with Gasteiger partial charge in [0.1, 0.15) is 0 Å². The van der Waals surface area contributed by atoms with Gasteiger partial charge in [-0.25, -0.2) is 12.7 Å². The molecule has 28 heavy (non-hydrogen) atoms. The molecule has 0 aromatic heterocycles. The summed E-state index contributed by atoms with van der Waals surface area (Å²) in [6.45, 7) is 4.02. The molecule has 0 saturated carbocycles. The summed E-state index contributed by atoms with van der Waals surface area (Å²) in [5.41, 5.74) is 7.10. The average Bonchev–Trinajstić information content (AvgIpc) is 2.67. The first-order valence-electron chi connectivity index (χ1n) is 8.43. The Morgan fingerprint density at radius 2 is 1.71 bits per heavy atom. The highest BCUT2D eigenvalue weighted by molar-refractivity contribution is 8.00. The van der Waals surface area contributed by atoms with Gasteiger partial charge in [-0.2, -0.15) is 0 Å². The molecule has 2 amide bonds. The minimum Gasteiger partial charge on any atom is -0.272 e. The van der Waals surface area contributed by atoms with E-state index in [9.17, 15) is 18.0 Å². The van der Waals surface area contributed by atoms with Crippen LogP contribution in [-0.4, -0.2) is 44.4 Å². The first-order chi connectivity index (χ1) is 13.1. The number of hydrogen-bond acceptors (Lipinski definition) is 5. The van der Waals surface area contributed by atoms with Crippen LogP contribution in [-0.2, 0) is 14.8 Å². The van der Waals surface area contributed by atoms with Crippen molar-refractivity contribution in [2.75, 3.05) is 19.8 Å². The van der Waals surface area contributed by atoms with E-state index in [2.05, 4.69) is 10.9 Å². The van der Waals surface area contributed by atoms with Crippen LogP contribution in [0.25, 0.3) is 0 Å². The van der Waals surface area contributed by atoms with Gasteiger partial charge in [0.25, 0.3) is 5.91 Å². The summed E-state index contributed by atoms with van der Waals surface area (Å²) in [6.07, 6.45) is 0. The summed E-state index contributed by atoms with van der Waals surface area (Å²) in [5.74, 6) is -0.827. The topological polar surface area (TPSA) is 95.6 Å². The molecule has 0 bridgehead atoms. The fourth-order valence-electron chi connectivity index (χ4n) is 2.20. The van der Waals surface area contributed by atoms with E-state index in [0.717, 1.165) is 14.8 Å². The molecule has 0 aliphatic carbocycles. The zero-order valence-corrected chi connectivity index (χ0v) is 17.8. The number of sulfonamides is 1. The maximum atomic E-state index is 12.2. The number of hydrazine groups is 1. The highest BCUT2D eigenvalue weighted by Crippen LogP contribution is 2.20. The van der Waals surface area contributed by atoms with Crippen LogP contribution < -0.4 is 10.9 Å². The van der Waals surface area contributed by atoms with Gasteiger partial charge in [0.15, 0.2) is 0 Å². The number of hydrogen-bond donors (Lipinski definition) is 2. The lowest BCUT2D eigenvalue weighted by atomic mass is 10.1. The lowest BCUT2D eigenvalue weighted by molar-refractivity contribution is -0.119. The molecule has 0 fully saturated rings. The summed E-state index contributed by atoms with van der Waals surface area (Å²) in [7, 11) is -0.823. The van der Waals surface area contributed by atoms with Crippen molar-refractivity contribution >= 4 is 33.6 Å². The molecule has 0 heterocycles. The van der Waals surface area contributed by atoms with Crippen molar-refractivity contribution in [3.63, 3.8) is 0 Å². The predicted octanol–water partition coefficient (Wildman–Crippen LogP) is 2.11. The predicted molar refractivity (Wildman–Crippen MR) is 110 cm³/mol. The largest absolute Gasteiger partial charge is 0.272 e. The van der Waals surface area contributed by atoms with Gasteiger partial charge in [-0.15, -0.1) is 11.8 Å². The summed E-state index contributed by atoms with van der Waals surface area (Å²) in [4.78, 5) is 25.1. The van der Waals surface area contributed by atoms with Crippen molar-refractivity contribution < 1.29 is 18.0 Å². The van der Waals surface area contributed by atoms with Gasteiger partial charge in [-0.05, 0) is 55.3 Å². The second-order valence-corrected chi connectivity index (χ2v) is 9.55. The molecule has 0 spiro atoms. The van der Waals surface area contributed by atoms with Crippen molar-refractivity contribution in [1.29, 1.82) is 0 Å². The number of rotatable bonds is 6. The van der Waals surface area contributed by atoms with Crippen LogP contribution in [0.5, 0.6) is 0 Å². The maximum absolute atomic E-state index is 12.2. The van der Waals surface area contributed by atoms with Gasteiger partial charge in [0.2, 0.25) is 15.9 Å². The molecule has 2 aromatic carbocycles. The number of benzene rings is 2. The molecule has 0 radical (unpaired) electrons. The molecule has 0 saturated heterocycles. The maximum Gasteiger partial charge on any atom is 0.269 e. The number of nitrogens with zero attached hydrogens (tertiary/aromatic N) is 1. The zero-order valence-electron chi connectivity index (χ0n) is 16.1. The molecular formula is C19H23N3O4S2. The molecule has 0 atom stereocenters. The van der Waals surface area contributed by atoms with E-state index in [4.69, 9.17) is 0 Å². The number of amides is 2. The Kier molecular flexibility index (Phi) is 7.22. The smallest absolute Gasteiger partial charge is 0.269 e. The highest BCUT2D eigenvalue weighted by Gasteiger charge is 2.18. The molecule has 0 aliphatic rings. The monoisotopic (exact) mass is 421 g/mol. The van der Waals surface area contributed by atoms with Crippen LogP contribution in [0.1, 0.15) is 21.5 Å². The van der Waals surface area contributed by atoms with Crippen LogP contribution in [0.2, 0.25) is 0 Å². The Bertz CT molecular complexity index is 988.